The van der Waals surface area contributed by atoms with Crippen LogP contribution in [0.15, 0.2) is 30.6 Å². The molecule has 2 aliphatic heterocycles. The van der Waals surface area contributed by atoms with E-state index in [9.17, 15) is 13.2 Å². The number of nitrogens with one attached hydrogen (secondary N) is 1. The van der Waals surface area contributed by atoms with E-state index in [-0.39, 0.29) is 17.9 Å². The van der Waals surface area contributed by atoms with Crippen LogP contribution in [0.25, 0.3) is 16.8 Å². The number of carbonyl (C=O) groups excluding carboxylic acids is 1. The fourth-order valence-corrected chi connectivity index (χ4v) is 5.76. The van der Waals surface area contributed by atoms with E-state index in [1.165, 1.54) is 10.6 Å². The Morgan fingerprint density at radius 2 is 1.95 bits per heavy atom. The zero-order chi connectivity index (χ0) is 26.3. The molecule has 1 aromatic carbocycles. The van der Waals surface area contributed by atoms with Gasteiger partial charge in [-0.1, -0.05) is 6.07 Å². The first kappa shape index (κ1) is 25.3. The number of ether oxygens (including phenoxy) is 2. The molecule has 2 atom stereocenters. The number of carbonyl (C=O) groups is 1. The average molecular weight is 529 g/mol. The summed E-state index contributed by atoms with van der Waals surface area (Å²) in [5.41, 5.74) is 4.15. The van der Waals surface area contributed by atoms with E-state index in [0.717, 1.165) is 22.3 Å². The van der Waals surface area contributed by atoms with Crippen molar-refractivity contribution in [2.75, 3.05) is 51.0 Å². The molecule has 1 unspecified atom stereocenters. The lowest BCUT2D eigenvalue weighted by molar-refractivity contribution is -0.119. The lowest BCUT2D eigenvalue weighted by Gasteiger charge is -2.35. The van der Waals surface area contributed by atoms with E-state index in [1.807, 2.05) is 38.2 Å². The monoisotopic (exact) mass is 528 g/mol. The maximum Gasteiger partial charge on any atom is 0.241 e. The molecule has 198 valence electrons. The first-order valence-electron chi connectivity index (χ1n) is 12.3. The van der Waals surface area contributed by atoms with Crippen LogP contribution in [0.2, 0.25) is 0 Å². The number of benzene rings is 1. The minimum atomic E-state index is -3.20. The molecule has 3 aromatic rings. The molecule has 2 aromatic heterocycles. The third kappa shape index (κ3) is 5.08. The second-order valence-electron chi connectivity index (χ2n) is 9.68. The van der Waals surface area contributed by atoms with Crippen molar-refractivity contribution >= 4 is 27.1 Å². The number of hydrogen-bond acceptors (Lipinski definition) is 8. The molecule has 0 spiro atoms. The third-order valence-corrected chi connectivity index (χ3v) is 8.44. The van der Waals surface area contributed by atoms with E-state index in [2.05, 4.69) is 15.3 Å². The molecule has 0 saturated carbocycles. The normalized spacial score (nSPS) is 19.7. The van der Waals surface area contributed by atoms with E-state index < -0.39 is 10.0 Å². The summed E-state index contributed by atoms with van der Waals surface area (Å²) in [7, 11) is -1.58. The molecule has 11 nitrogen and oxygen atoms in total. The van der Waals surface area contributed by atoms with Crippen molar-refractivity contribution in [3.8, 4) is 22.9 Å². The zero-order valence-corrected chi connectivity index (χ0v) is 22.3. The Hall–Kier alpha value is -3.38. The molecule has 0 bridgehead atoms. The summed E-state index contributed by atoms with van der Waals surface area (Å²) in [5.74, 6) is 1.26. The van der Waals surface area contributed by atoms with Crippen molar-refractivity contribution < 1.29 is 22.7 Å². The fraction of sp³-hybridized carbons (Fsp3) is 0.480. The molecule has 2 aliphatic rings. The van der Waals surface area contributed by atoms with Crippen LogP contribution in [-0.2, 0) is 14.8 Å². The zero-order valence-electron chi connectivity index (χ0n) is 21.5. The standard InChI is InChI=1S/C25H32N6O5S/c1-16-13-27-31-15-20(28-25(24(16)31)36-17(2)19-12-23(32)26-14-19)18-5-6-21(22(11-18)35-3)29-7-9-30(10-8-29)37(4,33)34/h5-6,11,13,15,17,19H,7-10,12,14H2,1-4H3,(H,26,32)/t17-,19?/m1/s1. The smallest absolute Gasteiger partial charge is 0.241 e. The van der Waals surface area contributed by atoms with Gasteiger partial charge >= 0.3 is 0 Å². The summed E-state index contributed by atoms with van der Waals surface area (Å²) in [6.07, 6.45) is 5.11. The molecule has 12 heteroatoms. The highest BCUT2D eigenvalue weighted by molar-refractivity contribution is 7.88. The number of nitrogens with zero attached hydrogens (tertiary/aromatic N) is 5. The maximum atomic E-state index is 11.9. The predicted molar refractivity (Wildman–Crippen MR) is 140 cm³/mol. The van der Waals surface area contributed by atoms with Gasteiger partial charge in [0.2, 0.25) is 21.8 Å². The SMILES string of the molecule is COc1cc(-c2cn3ncc(C)c3c(O[C@H](C)C3CNC(=O)C3)n2)ccc1N1CCN(S(C)(=O)=O)CC1. The largest absolute Gasteiger partial charge is 0.495 e. The Labute approximate surface area is 216 Å². The topological polar surface area (TPSA) is 118 Å². The highest BCUT2D eigenvalue weighted by Gasteiger charge is 2.29. The number of aryl methyl sites for hydroxylation is 1. The lowest BCUT2D eigenvalue weighted by atomic mass is 10.0. The van der Waals surface area contributed by atoms with Crippen LogP contribution in [0.4, 0.5) is 5.69 Å². The summed E-state index contributed by atoms with van der Waals surface area (Å²) in [6.45, 7) is 6.53. The van der Waals surface area contributed by atoms with Crippen LogP contribution in [0.5, 0.6) is 11.6 Å². The number of amides is 1. The number of hydrogen-bond donors (Lipinski definition) is 1. The van der Waals surface area contributed by atoms with Crippen LogP contribution < -0.4 is 19.7 Å². The number of fused-ring (bicyclic) bond motifs is 1. The number of methoxy groups -OCH3 is 1. The van der Waals surface area contributed by atoms with E-state index in [0.29, 0.717) is 56.5 Å². The molecule has 37 heavy (non-hydrogen) atoms. The second kappa shape index (κ2) is 9.82. The summed E-state index contributed by atoms with van der Waals surface area (Å²) >= 11 is 0. The van der Waals surface area contributed by atoms with E-state index in [1.54, 1.807) is 17.8 Å². The molecule has 4 heterocycles. The van der Waals surface area contributed by atoms with Gasteiger partial charge in [-0.15, -0.1) is 0 Å². The second-order valence-corrected chi connectivity index (χ2v) is 11.7. The Kier molecular flexibility index (Phi) is 6.71. The number of sulfonamides is 1. The van der Waals surface area contributed by atoms with Gasteiger partial charge in [0.1, 0.15) is 17.4 Å². The van der Waals surface area contributed by atoms with Crippen LogP contribution in [0.3, 0.4) is 0 Å². The van der Waals surface area contributed by atoms with Gasteiger partial charge in [-0.2, -0.15) is 9.40 Å². The number of piperazine rings is 1. The van der Waals surface area contributed by atoms with Gasteiger partial charge in [-0.05, 0) is 26.0 Å². The molecule has 2 saturated heterocycles. The first-order valence-corrected chi connectivity index (χ1v) is 14.2. The van der Waals surface area contributed by atoms with Crippen molar-refractivity contribution in [2.45, 2.75) is 26.4 Å². The van der Waals surface area contributed by atoms with Crippen molar-refractivity contribution in [3.05, 3.63) is 36.2 Å². The van der Waals surface area contributed by atoms with Crippen molar-refractivity contribution in [3.63, 3.8) is 0 Å². The third-order valence-electron chi connectivity index (χ3n) is 7.14. The van der Waals surface area contributed by atoms with Gasteiger partial charge < -0.3 is 19.7 Å². The van der Waals surface area contributed by atoms with Crippen molar-refractivity contribution in [1.29, 1.82) is 0 Å². The summed E-state index contributed by atoms with van der Waals surface area (Å²) in [5, 5.41) is 7.34. The summed E-state index contributed by atoms with van der Waals surface area (Å²) < 4.78 is 39.0. The Morgan fingerprint density at radius 3 is 2.59 bits per heavy atom. The number of rotatable bonds is 7. The average Bonchev–Trinajstić information content (AvgIpc) is 3.49. The van der Waals surface area contributed by atoms with Crippen LogP contribution in [0.1, 0.15) is 18.9 Å². The van der Waals surface area contributed by atoms with Crippen LogP contribution in [0, 0.1) is 12.8 Å². The molecular formula is C25H32N6O5S. The Balaban J connectivity index is 1.44. The molecule has 2 fully saturated rings. The van der Waals surface area contributed by atoms with E-state index >= 15 is 0 Å². The van der Waals surface area contributed by atoms with Crippen LogP contribution in [-0.4, -0.2) is 85.4 Å². The molecule has 0 aliphatic carbocycles. The van der Waals surface area contributed by atoms with Gasteiger partial charge in [-0.25, -0.2) is 17.9 Å². The Bertz CT molecular complexity index is 1430. The molecule has 0 radical (unpaired) electrons. The lowest BCUT2D eigenvalue weighted by Crippen LogP contribution is -2.48. The van der Waals surface area contributed by atoms with Gasteiger partial charge in [0.15, 0.2) is 0 Å². The predicted octanol–water partition coefficient (Wildman–Crippen LogP) is 1.70. The van der Waals surface area contributed by atoms with E-state index in [4.69, 9.17) is 14.5 Å². The fourth-order valence-electron chi connectivity index (χ4n) is 4.93. The number of anilines is 1. The summed E-state index contributed by atoms with van der Waals surface area (Å²) in [6, 6.07) is 5.87. The minimum Gasteiger partial charge on any atom is -0.495 e. The molecular weight excluding hydrogens is 496 g/mol. The highest BCUT2D eigenvalue weighted by Crippen LogP contribution is 2.35. The van der Waals surface area contributed by atoms with Gasteiger partial charge in [0, 0.05) is 56.2 Å². The highest BCUT2D eigenvalue weighted by atomic mass is 32.2. The Morgan fingerprint density at radius 1 is 1.19 bits per heavy atom. The van der Waals surface area contributed by atoms with Gasteiger partial charge in [-0.3, -0.25) is 4.79 Å². The van der Waals surface area contributed by atoms with Gasteiger partial charge in [0.25, 0.3) is 0 Å². The summed E-state index contributed by atoms with van der Waals surface area (Å²) in [4.78, 5) is 18.7. The molecule has 1 N–H and O–H groups in total. The molecule has 1 amide bonds. The first-order chi connectivity index (χ1) is 17.6. The van der Waals surface area contributed by atoms with Crippen LogP contribution >= 0.6 is 0 Å². The van der Waals surface area contributed by atoms with Crippen molar-refractivity contribution in [1.82, 2.24) is 24.2 Å². The number of aromatic nitrogens is 3. The quantitative estimate of drug-likeness (QED) is 0.492. The van der Waals surface area contributed by atoms with Crippen molar-refractivity contribution in [2.24, 2.45) is 5.92 Å². The minimum absolute atomic E-state index is 0.0396. The van der Waals surface area contributed by atoms with Gasteiger partial charge in [0.05, 0.1) is 37.1 Å². The maximum absolute atomic E-state index is 11.9. The molecule has 5 rings (SSSR count).